The standard InChI is InChI=1S/C63H117NO5/c1-4-7-10-13-16-19-22-25-28-30-32-35-38-41-44-47-50-53-56-63(68)69-59(54-51-48-45-42-39-36-33-27-24-21-18-15-12-9-6-3)57-62(67)64-60(58-65)61(66)55-52-49-46-43-40-37-34-31-29-26-23-20-17-14-11-8-5-2/h16,19,22,25,28,30,32,35,59-61,65-66H,4-15,17-18,20-21,23-24,26-27,29,31,33-34,36-58H2,1-3H3,(H,64,67)/b19-16+,25-22+,30-28+,35-32+. The van der Waals surface area contributed by atoms with Crippen molar-refractivity contribution >= 4 is 11.9 Å². The monoisotopic (exact) mass is 968 g/mol. The zero-order valence-electron chi connectivity index (χ0n) is 46.2. The number of aliphatic hydroxyl groups is 2. The number of aliphatic hydroxyl groups excluding tert-OH is 2. The molecule has 0 aliphatic heterocycles. The lowest BCUT2D eigenvalue weighted by molar-refractivity contribution is -0.151. The lowest BCUT2D eigenvalue weighted by Gasteiger charge is -2.24. The van der Waals surface area contributed by atoms with E-state index in [9.17, 15) is 19.8 Å². The Labute approximate surface area is 429 Å². The van der Waals surface area contributed by atoms with Gasteiger partial charge < -0.3 is 20.3 Å². The van der Waals surface area contributed by atoms with E-state index < -0.39 is 18.2 Å². The van der Waals surface area contributed by atoms with Gasteiger partial charge in [0.15, 0.2) is 0 Å². The number of carbonyl (C=O) groups is 2. The van der Waals surface area contributed by atoms with Gasteiger partial charge in [0.05, 0.1) is 25.2 Å². The molecule has 69 heavy (non-hydrogen) atoms. The Morgan fingerprint density at radius 1 is 0.420 bits per heavy atom. The van der Waals surface area contributed by atoms with Crippen LogP contribution in [-0.4, -0.2) is 46.9 Å². The maximum Gasteiger partial charge on any atom is 0.306 e. The summed E-state index contributed by atoms with van der Waals surface area (Å²) in [4.78, 5) is 26.3. The maximum atomic E-state index is 13.3. The minimum Gasteiger partial charge on any atom is -0.462 e. The maximum absolute atomic E-state index is 13.3. The van der Waals surface area contributed by atoms with Crippen LogP contribution in [0.25, 0.3) is 0 Å². The molecule has 3 unspecified atom stereocenters. The number of hydrogen-bond acceptors (Lipinski definition) is 5. The van der Waals surface area contributed by atoms with Gasteiger partial charge in [-0.3, -0.25) is 9.59 Å². The highest BCUT2D eigenvalue weighted by atomic mass is 16.5. The van der Waals surface area contributed by atoms with Gasteiger partial charge in [0.25, 0.3) is 0 Å². The molecule has 1 amide bonds. The van der Waals surface area contributed by atoms with Crippen molar-refractivity contribution in [3.63, 3.8) is 0 Å². The van der Waals surface area contributed by atoms with Gasteiger partial charge in [-0.05, 0) is 51.4 Å². The van der Waals surface area contributed by atoms with Gasteiger partial charge in [0.2, 0.25) is 5.91 Å². The van der Waals surface area contributed by atoms with E-state index in [0.717, 1.165) is 70.6 Å². The van der Waals surface area contributed by atoms with E-state index in [1.54, 1.807) is 0 Å². The molecule has 0 heterocycles. The molecule has 0 rings (SSSR count). The molecule has 0 spiro atoms. The number of hydrogen-bond donors (Lipinski definition) is 3. The Balaban J connectivity index is 4.55. The van der Waals surface area contributed by atoms with Crippen LogP contribution in [0.1, 0.15) is 316 Å². The van der Waals surface area contributed by atoms with Crippen molar-refractivity contribution in [2.75, 3.05) is 6.61 Å². The molecule has 0 saturated carbocycles. The lowest BCUT2D eigenvalue weighted by Crippen LogP contribution is -2.46. The third kappa shape index (κ3) is 52.0. The molecule has 0 bridgehead atoms. The van der Waals surface area contributed by atoms with Crippen LogP contribution in [0.3, 0.4) is 0 Å². The number of allylic oxidation sites excluding steroid dienone is 8. The average Bonchev–Trinajstić information content (AvgIpc) is 3.34. The molecular weight excluding hydrogens is 851 g/mol. The zero-order valence-corrected chi connectivity index (χ0v) is 46.2. The Morgan fingerprint density at radius 2 is 0.739 bits per heavy atom. The minimum absolute atomic E-state index is 0.0713. The van der Waals surface area contributed by atoms with Crippen molar-refractivity contribution in [1.29, 1.82) is 0 Å². The molecule has 3 atom stereocenters. The summed E-state index contributed by atoms with van der Waals surface area (Å²) in [7, 11) is 0. The van der Waals surface area contributed by atoms with Crippen LogP contribution in [-0.2, 0) is 14.3 Å². The summed E-state index contributed by atoms with van der Waals surface area (Å²) in [6.45, 7) is 6.49. The van der Waals surface area contributed by atoms with Gasteiger partial charge in [-0.1, -0.05) is 301 Å². The van der Waals surface area contributed by atoms with Crippen molar-refractivity contribution in [1.82, 2.24) is 5.32 Å². The van der Waals surface area contributed by atoms with E-state index >= 15 is 0 Å². The number of amides is 1. The van der Waals surface area contributed by atoms with Gasteiger partial charge in [0.1, 0.15) is 6.10 Å². The van der Waals surface area contributed by atoms with Crippen LogP contribution in [0.4, 0.5) is 0 Å². The van der Waals surface area contributed by atoms with E-state index in [0.29, 0.717) is 19.3 Å². The summed E-state index contributed by atoms with van der Waals surface area (Å²) in [6.07, 6.45) is 70.3. The number of esters is 1. The summed E-state index contributed by atoms with van der Waals surface area (Å²) in [5, 5.41) is 23.9. The molecule has 0 aromatic carbocycles. The van der Waals surface area contributed by atoms with Gasteiger partial charge in [-0.25, -0.2) is 0 Å². The first kappa shape index (κ1) is 66.8. The molecule has 0 fully saturated rings. The molecule has 404 valence electrons. The van der Waals surface area contributed by atoms with Crippen molar-refractivity contribution in [3.05, 3.63) is 48.6 Å². The Kier molecular flexibility index (Phi) is 54.9. The van der Waals surface area contributed by atoms with E-state index in [4.69, 9.17) is 4.74 Å². The average molecular weight is 969 g/mol. The largest absolute Gasteiger partial charge is 0.462 e. The van der Waals surface area contributed by atoms with Gasteiger partial charge >= 0.3 is 5.97 Å². The van der Waals surface area contributed by atoms with E-state index in [2.05, 4.69) is 74.7 Å². The van der Waals surface area contributed by atoms with Crippen molar-refractivity contribution < 1.29 is 24.5 Å². The summed E-state index contributed by atoms with van der Waals surface area (Å²) >= 11 is 0. The van der Waals surface area contributed by atoms with Gasteiger partial charge in [-0.2, -0.15) is 0 Å². The minimum atomic E-state index is -0.792. The van der Waals surface area contributed by atoms with Crippen LogP contribution < -0.4 is 5.32 Å². The molecule has 6 nitrogen and oxygen atoms in total. The van der Waals surface area contributed by atoms with Crippen LogP contribution in [0.5, 0.6) is 0 Å². The highest BCUT2D eigenvalue weighted by Crippen LogP contribution is 2.19. The second kappa shape index (κ2) is 56.7. The fourth-order valence-electron chi connectivity index (χ4n) is 9.39. The first-order valence-corrected chi connectivity index (χ1v) is 30.4. The molecular formula is C63H117NO5. The summed E-state index contributed by atoms with van der Waals surface area (Å²) in [6, 6.07) is -0.706. The van der Waals surface area contributed by atoms with E-state index in [1.165, 1.54) is 199 Å². The fraction of sp³-hybridized carbons (Fsp3) is 0.841. The predicted octanol–water partition coefficient (Wildman–Crippen LogP) is 19.0. The van der Waals surface area contributed by atoms with E-state index in [-0.39, 0.29) is 24.9 Å². The fourth-order valence-corrected chi connectivity index (χ4v) is 9.39. The summed E-state index contributed by atoms with van der Waals surface area (Å²) in [5.74, 6) is -0.484. The first-order valence-electron chi connectivity index (χ1n) is 30.4. The van der Waals surface area contributed by atoms with Crippen molar-refractivity contribution in [3.8, 4) is 0 Å². The first-order chi connectivity index (χ1) is 34.0. The number of ether oxygens (including phenoxy) is 1. The second-order valence-electron chi connectivity index (χ2n) is 20.9. The third-order valence-electron chi connectivity index (χ3n) is 14.0. The molecule has 3 N–H and O–H groups in total. The Bertz CT molecular complexity index is 1180. The number of unbranched alkanes of at least 4 members (excludes halogenated alkanes) is 38. The van der Waals surface area contributed by atoms with Crippen LogP contribution >= 0.6 is 0 Å². The number of carbonyl (C=O) groups excluding carboxylic acids is 2. The highest BCUT2D eigenvalue weighted by Gasteiger charge is 2.24. The smallest absolute Gasteiger partial charge is 0.306 e. The number of rotatable bonds is 55. The Hall–Kier alpha value is -2.18. The SMILES string of the molecule is CCCCC/C=C/C=C/C=C/C=C/CCCCCCCC(=O)OC(CCCCCCCCCCCCCCCCC)CC(=O)NC(CO)C(O)CCCCCCCCCCCCCCCCCCC. The third-order valence-corrected chi connectivity index (χ3v) is 14.0. The highest BCUT2D eigenvalue weighted by molar-refractivity contribution is 5.77. The number of nitrogens with one attached hydrogen (secondary N) is 1. The molecule has 0 aromatic heterocycles. The topological polar surface area (TPSA) is 95.9 Å². The van der Waals surface area contributed by atoms with E-state index in [1.807, 2.05) is 0 Å². The molecule has 0 aliphatic rings. The summed E-state index contributed by atoms with van der Waals surface area (Å²) in [5.41, 5.74) is 0. The lowest BCUT2D eigenvalue weighted by atomic mass is 10.0. The van der Waals surface area contributed by atoms with Gasteiger partial charge in [0, 0.05) is 6.42 Å². The zero-order chi connectivity index (χ0) is 50.2. The molecule has 0 radical (unpaired) electrons. The summed E-state index contributed by atoms with van der Waals surface area (Å²) < 4.78 is 5.97. The van der Waals surface area contributed by atoms with Gasteiger partial charge in [-0.15, -0.1) is 0 Å². The normalized spacial score (nSPS) is 13.4. The quantitative estimate of drug-likeness (QED) is 0.0321. The molecule has 0 aromatic rings. The second-order valence-corrected chi connectivity index (χ2v) is 20.9. The Morgan fingerprint density at radius 3 is 1.14 bits per heavy atom. The molecule has 0 saturated heterocycles. The van der Waals surface area contributed by atoms with Crippen LogP contribution in [0.15, 0.2) is 48.6 Å². The molecule has 6 heteroatoms. The van der Waals surface area contributed by atoms with Crippen LogP contribution in [0.2, 0.25) is 0 Å². The van der Waals surface area contributed by atoms with Crippen LogP contribution in [0, 0.1) is 0 Å². The van der Waals surface area contributed by atoms with Crippen molar-refractivity contribution in [2.24, 2.45) is 0 Å². The molecule has 0 aliphatic carbocycles. The predicted molar refractivity (Wildman–Crippen MR) is 301 cm³/mol. The van der Waals surface area contributed by atoms with Crippen molar-refractivity contribution in [2.45, 2.75) is 334 Å².